The number of aromatic nitrogens is 7. The zero-order valence-corrected chi connectivity index (χ0v) is 32.6. The number of nitrogen functional groups attached to an aromatic ring is 4. The second-order valence-electron chi connectivity index (χ2n) is 14.0. The third-order valence-corrected chi connectivity index (χ3v) is 10.5. The minimum absolute atomic E-state index is 0.0884. The molecule has 1 aliphatic carbocycles. The van der Waals surface area contributed by atoms with Gasteiger partial charge in [0.05, 0.1) is 0 Å². The Morgan fingerprint density at radius 3 is 1.43 bits per heavy atom. The van der Waals surface area contributed by atoms with Gasteiger partial charge in [0.25, 0.3) is 0 Å². The Morgan fingerprint density at radius 1 is 0.603 bits per heavy atom. The fourth-order valence-electron chi connectivity index (χ4n) is 7.00. The molecule has 2 fully saturated rings. The topological polar surface area (TPSA) is 348 Å². The van der Waals surface area contributed by atoms with Gasteiger partial charge in [-0.05, 0) is 49.7 Å². The van der Waals surface area contributed by atoms with Crippen molar-refractivity contribution in [3.05, 3.63) is 57.1 Å². The van der Waals surface area contributed by atoms with Crippen LogP contribution in [0.2, 0.25) is 10.3 Å². The molecule has 1 aromatic carbocycles. The molecule has 5 heterocycles. The molecule has 58 heavy (non-hydrogen) atoms. The van der Waals surface area contributed by atoms with Crippen molar-refractivity contribution in [3.63, 3.8) is 0 Å². The lowest BCUT2D eigenvalue weighted by Crippen LogP contribution is -2.48. The molecular weight excluding hydrogens is 791 g/mol. The molecule has 3 aliphatic rings. The zero-order chi connectivity index (χ0) is 41.1. The number of nitrogens with two attached hydrogens (primary N) is 6. The molecule has 0 atom stereocenters. The van der Waals surface area contributed by atoms with Gasteiger partial charge in [-0.1, -0.05) is 47.5 Å². The van der Waals surface area contributed by atoms with Crippen LogP contribution in [0.25, 0.3) is 0 Å². The fourth-order valence-corrected chi connectivity index (χ4v) is 7.25. The number of carbonyl (C=O) groups is 2. The maximum absolute atomic E-state index is 12.7. The van der Waals surface area contributed by atoms with Crippen LogP contribution < -0.4 is 60.2 Å². The van der Waals surface area contributed by atoms with E-state index in [4.69, 9.17) is 72.6 Å². The molecule has 0 radical (unpaired) electrons. The molecule has 0 unspecified atom stereocenters. The van der Waals surface area contributed by atoms with E-state index in [1.807, 2.05) is 12.1 Å². The molecule has 0 saturated carbocycles. The first-order valence-electron chi connectivity index (χ1n) is 18.4. The average molecular weight is 834 g/mol. The quantitative estimate of drug-likeness (QED) is 0.0839. The lowest BCUT2D eigenvalue weighted by molar-refractivity contribution is 0.0990. The molecule has 2 saturated heterocycles. The van der Waals surface area contributed by atoms with Crippen molar-refractivity contribution in [3.8, 4) is 0 Å². The molecule has 3 aromatic heterocycles. The lowest BCUT2D eigenvalue weighted by atomic mass is 10.1. The number of nitrogens with one attached hydrogen (secondary N) is 3. The zero-order valence-electron chi connectivity index (χ0n) is 31.1. The number of aliphatic imine (C=N–C) groups is 2. The Labute approximate surface area is 341 Å². The number of benzene rings is 1. The van der Waals surface area contributed by atoms with E-state index in [1.165, 1.54) is 11.1 Å². The predicted octanol–water partition coefficient (Wildman–Crippen LogP) is 0.0935. The van der Waals surface area contributed by atoms with Crippen molar-refractivity contribution in [1.82, 2.24) is 45.5 Å². The third kappa shape index (κ3) is 9.18. The summed E-state index contributed by atoms with van der Waals surface area (Å²) in [6.45, 7) is 2.36. The summed E-state index contributed by atoms with van der Waals surface area (Å²) in [6, 6.07) is 8.33. The number of carbonyl (C=O) groups excluding carboxylic acids is 2. The Morgan fingerprint density at radius 2 is 1.02 bits per heavy atom. The van der Waals surface area contributed by atoms with Crippen LogP contribution in [0.15, 0.2) is 34.3 Å². The highest BCUT2D eigenvalue weighted by Crippen LogP contribution is 2.27. The van der Waals surface area contributed by atoms with Crippen molar-refractivity contribution in [2.75, 3.05) is 64.2 Å². The van der Waals surface area contributed by atoms with Crippen molar-refractivity contribution >= 4 is 88.1 Å². The van der Waals surface area contributed by atoms with Crippen molar-refractivity contribution in [2.24, 2.45) is 21.5 Å². The smallest absolute Gasteiger partial charge is 0.302 e. The van der Waals surface area contributed by atoms with Gasteiger partial charge in [-0.2, -0.15) is 24.9 Å². The van der Waals surface area contributed by atoms with Crippen LogP contribution in [0.4, 0.5) is 41.1 Å². The van der Waals surface area contributed by atoms with Gasteiger partial charge in [-0.15, -0.1) is 0 Å². The highest BCUT2D eigenvalue weighted by atomic mass is 35.5. The standard InChI is InChI=1S/C34H42Cl2N20O2/c35-22-26(39)48-24(37)20(46-22)28(57)50-30(41)43-17-5-9-55(10-6-17)33-52-32(45-19-13-15-3-1-2-4-16(15)14-19)53-34(54-33)56-11-7-18(8-12-56)44-31(42)51-29(58)21-25(38)49-27(40)23(36)47-21/h1-4,17-19H,5-14H2,(H4,37,39,48)(H4,38,40,49)(H3,41,43,50,57)(H3,42,44,51,58)(H,45,52,53,54). The van der Waals surface area contributed by atoms with E-state index in [-0.39, 0.29) is 75.0 Å². The lowest BCUT2D eigenvalue weighted by Gasteiger charge is -2.35. The first-order valence-corrected chi connectivity index (χ1v) is 19.1. The minimum atomic E-state index is -0.801. The van der Waals surface area contributed by atoms with E-state index in [0.717, 1.165) is 12.8 Å². The van der Waals surface area contributed by atoms with Crippen LogP contribution >= 0.6 is 23.2 Å². The molecule has 2 amide bonds. The molecule has 15 N–H and O–H groups in total. The van der Waals surface area contributed by atoms with Crippen LogP contribution in [0.1, 0.15) is 57.8 Å². The summed E-state index contributed by atoms with van der Waals surface area (Å²) in [5.74, 6) is -0.823. The van der Waals surface area contributed by atoms with Crippen molar-refractivity contribution < 1.29 is 9.59 Å². The summed E-state index contributed by atoms with van der Waals surface area (Å²) in [5.41, 5.74) is 37.1. The number of hydrogen-bond donors (Lipinski definition) is 9. The molecule has 0 spiro atoms. The molecule has 304 valence electrons. The van der Waals surface area contributed by atoms with Crippen LogP contribution in [0.5, 0.6) is 0 Å². The molecule has 0 bridgehead atoms. The van der Waals surface area contributed by atoms with Crippen LogP contribution in [-0.2, 0) is 12.8 Å². The first-order chi connectivity index (χ1) is 27.8. The maximum atomic E-state index is 12.7. The van der Waals surface area contributed by atoms with Gasteiger partial charge in [-0.3, -0.25) is 9.59 Å². The average Bonchev–Trinajstić information content (AvgIpc) is 3.60. The number of nitrogens with zero attached hydrogens (tertiary/aromatic N) is 11. The summed E-state index contributed by atoms with van der Waals surface area (Å²) >= 11 is 11.8. The second-order valence-corrected chi connectivity index (χ2v) is 14.7. The maximum Gasteiger partial charge on any atom is 0.302 e. The number of hydrogen-bond acceptors (Lipinski definition) is 16. The monoisotopic (exact) mass is 832 g/mol. The van der Waals surface area contributed by atoms with Gasteiger partial charge >= 0.3 is 11.8 Å². The van der Waals surface area contributed by atoms with Gasteiger partial charge in [0.1, 0.15) is 0 Å². The first kappa shape index (κ1) is 39.7. The largest absolute Gasteiger partial charge is 0.382 e. The molecule has 22 nitrogen and oxygen atoms in total. The fraction of sp³-hybridized carbons (Fsp3) is 0.382. The molecular formula is C34H42Cl2N20O2. The predicted molar refractivity (Wildman–Crippen MR) is 221 cm³/mol. The highest BCUT2D eigenvalue weighted by Gasteiger charge is 2.28. The summed E-state index contributed by atoms with van der Waals surface area (Å²) in [7, 11) is 0. The van der Waals surface area contributed by atoms with Crippen molar-refractivity contribution in [1.29, 1.82) is 0 Å². The van der Waals surface area contributed by atoms with E-state index in [2.05, 4.69) is 67.8 Å². The van der Waals surface area contributed by atoms with E-state index < -0.39 is 11.8 Å². The number of piperidine rings is 2. The van der Waals surface area contributed by atoms with Crippen molar-refractivity contribution in [2.45, 2.75) is 56.7 Å². The summed E-state index contributed by atoms with van der Waals surface area (Å²) in [4.78, 5) is 67.5. The molecule has 2 aliphatic heterocycles. The third-order valence-electron chi connectivity index (χ3n) is 9.91. The number of anilines is 7. The van der Waals surface area contributed by atoms with Gasteiger partial charge in [0, 0.05) is 44.3 Å². The Kier molecular flexibility index (Phi) is 11.6. The summed E-state index contributed by atoms with van der Waals surface area (Å²) in [6.07, 6.45) is 4.30. The number of guanidine groups is 2. The number of amides is 2. The van der Waals surface area contributed by atoms with Gasteiger partial charge in [0.15, 0.2) is 56.9 Å². The molecule has 7 rings (SSSR count). The van der Waals surface area contributed by atoms with E-state index in [0.29, 0.717) is 69.7 Å². The van der Waals surface area contributed by atoms with Gasteiger partial charge < -0.3 is 60.2 Å². The summed E-state index contributed by atoms with van der Waals surface area (Å²) < 4.78 is 0. The Bertz CT molecular complexity index is 2120. The Balaban J connectivity index is 1.00. The van der Waals surface area contributed by atoms with Gasteiger partial charge in [-0.25, -0.2) is 19.9 Å². The van der Waals surface area contributed by atoms with E-state index >= 15 is 0 Å². The molecule has 24 heteroatoms. The number of halogens is 2. The SMILES string of the molecule is N/C(=N\C(=O)c1nc(Cl)c(N)nc1N)NC1CCN(c2nc(NC3Cc4ccccc4C3)nc(N3CCC(N/C(N)=N/C(=O)c4nc(Cl)c(N)nc4N)CC3)n2)CC1. The van der Waals surface area contributed by atoms with Crippen LogP contribution in [0, 0.1) is 0 Å². The van der Waals surface area contributed by atoms with Gasteiger partial charge in [0.2, 0.25) is 17.8 Å². The second kappa shape index (κ2) is 16.9. The normalized spacial score (nSPS) is 16.9. The van der Waals surface area contributed by atoms with E-state index in [9.17, 15) is 9.59 Å². The van der Waals surface area contributed by atoms with Crippen LogP contribution in [0.3, 0.4) is 0 Å². The Hall–Kier alpha value is -6.55. The van der Waals surface area contributed by atoms with Crippen LogP contribution in [-0.4, -0.2) is 103 Å². The summed E-state index contributed by atoms with van der Waals surface area (Å²) in [5, 5.41) is 9.46. The minimum Gasteiger partial charge on any atom is -0.382 e. The van der Waals surface area contributed by atoms with E-state index in [1.54, 1.807) is 0 Å². The highest BCUT2D eigenvalue weighted by molar-refractivity contribution is 6.32. The molecule has 4 aromatic rings. The number of fused-ring (bicyclic) bond motifs is 1. The number of rotatable bonds is 8.